The van der Waals surface area contributed by atoms with Gasteiger partial charge in [0.25, 0.3) is 0 Å². The van der Waals surface area contributed by atoms with Gasteiger partial charge in [-0.05, 0) is 18.4 Å². The number of carboxylic acid groups (broad SMARTS) is 1. The van der Waals surface area contributed by atoms with Crippen LogP contribution in [-0.4, -0.2) is 35.6 Å². The topological polar surface area (TPSA) is 40.5 Å². The van der Waals surface area contributed by atoms with Crippen molar-refractivity contribution in [2.45, 2.75) is 13.3 Å². The molecule has 2 aliphatic heterocycles. The Balaban J connectivity index is 0.000000720. The van der Waals surface area contributed by atoms with Crippen molar-refractivity contribution >= 4 is 18.4 Å². The van der Waals surface area contributed by atoms with Gasteiger partial charge in [0.05, 0.1) is 5.92 Å². The second-order valence-electron chi connectivity index (χ2n) is 4.03. The molecule has 3 nitrogen and oxygen atoms in total. The van der Waals surface area contributed by atoms with E-state index >= 15 is 0 Å². The van der Waals surface area contributed by atoms with Gasteiger partial charge in [0.1, 0.15) is 0 Å². The van der Waals surface area contributed by atoms with Crippen molar-refractivity contribution < 1.29 is 9.90 Å². The van der Waals surface area contributed by atoms with E-state index in [1.165, 1.54) is 0 Å². The average molecular weight is 192 g/mol. The molecule has 70 valence electrons. The van der Waals surface area contributed by atoms with Crippen LogP contribution in [0.15, 0.2) is 0 Å². The standard InChI is InChI=1S/C8H13NO2.ClH/c1-8-2-3-9(5-8)4-6(8)7(10)11;/h6H,2-5H2,1H3,(H,10,11);1H. The molecule has 2 aliphatic rings. The Kier molecular flexibility index (Phi) is 2.36. The number of fused-ring (bicyclic) bond motifs is 2. The Bertz CT molecular complexity index is 209. The predicted octanol–water partition coefficient (Wildman–Crippen LogP) is 0.835. The molecule has 0 amide bonds. The van der Waals surface area contributed by atoms with Gasteiger partial charge in [-0.25, -0.2) is 0 Å². The summed E-state index contributed by atoms with van der Waals surface area (Å²) in [5, 5.41) is 8.87. The largest absolute Gasteiger partial charge is 0.481 e. The summed E-state index contributed by atoms with van der Waals surface area (Å²) in [6, 6.07) is 0. The molecule has 2 saturated heterocycles. The number of hydrogen-bond acceptors (Lipinski definition) is 2. The number of halogens is 1. The van der Waals surface area contributed by atoms with Crippen LogP contribution in [0.2, 0.25) is 0 Å². The Hall–Kier alpha value is -0.280. The van der Waals surface area contributed by atoms with Crippen LogP contribution in [0, 0.1) is 11.3 Å². The summed E-state index contributed by atoms with van der Waals surface area (Å²) in [4.78, 5) is 13.0. The van der Waals surface area contributed by atoms with Crippen LogP contribution < -0.4 is 0 Å². The van der Waals surface area contributed by atoms with Crippen LogP contribution in [0.5, 0.6) is 0 Å². The van der Waals surface area contributed by atoms with Gasteiger partial charge in [0.15, 0.2) is 0 Å². The maximum atomic E-state index is 10.8. The zero-order valence-electron chi connectivity index (χ0n) is 7.12. The molecule has 2 fully saturated rings. The summed E-state index contributed by atoms with van der Waals surface area (Å²) >= 11 is 0. The van der Waals surface area contributed by atoms with Crippen molar-refractivity contribution in [1.82, 2.24) is 4.90 Å². The van der Waals surface area contributed by atoms with Gasteiger partial charge in [-0.15, -0.1) is 12.4 Å². The Morgan fingerprint density at radius 3 is 2.58 bits per heavy atom. The summed E-state index contributed by atoms with van der Waals surface area (Å²) in [6.45, 7) is 4.95. The quantitative estimate of drug-likeness (QED) is 0.668. The zero-order valence-corrected chi connectivity index (χ0v) is 7.93. The van der Waals surface area contributed by atoms with Crippen molar-refractivity contribution in [3.63, 3.8) is 0 Å². The molecule has 0 aromatic heterocycles. The van der Waals surface area contributed by atoms with Gasteiger partial charge in [0, 0.05) is 13.1 Å². The number of rotatable bonds is 1. The second kappa shape index (κ2) is 2.89. The molecule has 2 bridgehead atoms. The Labute approximate surface area is 78.2 Å². The van der Waals surface area contributed by atoms with Crippen LogP contribution in [0.25, 0.3) is 0 Å². The van der Waals surface area contributed by atoms with E-state index in [0.717, 1.165) is 26.1 Å². The van der Waals surface area contributed by atoms with Gasteiger partial charge in [-0.2, -0.15) is 0 Å². The molecule has 0 saturated carbocycles. The predicted molar refractivity (Wildman–Crippen MR) is 47.5 cm³/mol. The first kappa shape index (κ1) is 9.81. The van der Waals surface area contributed by atoms with E-state index in [4.69, 9.17) is 5.11 Å². The van der Waals surface area contributed by atoms with Gasteiger partial charge in [-0.3, -0.25) is 4.79 Å². The zero-order chi connectivity index (χ0) is 8.06. The van der Waals surface area contributed by atoms with Crippen LogP contribution in [0.4, 0.5) is 0 Å². The first-order chi connectivity index (χ1) is 5.12. The fraction of sp³-hybridized carbons (Fsp3) is 0.875. The van der Waals surface area contributed by atoms with E-state index in [2.05, 4.69) is 11.8 Å². The third-order valence-corrected chi connectivity index (χ3v) is 3.16. The molecular formula is C8H14ClNO2. The molecular weight excluding hydrogens is 178 g/mol. The molecule has 4 heteroatoms. The monoisotopic (exact) mass is 191 g/mol. The minimum absolute atomic E-state index is 0. The van der Waals surface area contributed by atoms with E-state index in [0.29, 0.717) is 0 Å². The van der Waals surface area contributed by atoms with E-state index < -0.39 is 5.97 Å². The number of nitrogens with zero attached hydrogens (tertiary/aromatic N) is 1. The van der Waals surface area contributed by atoms with Gasteiger partial charge in [-0.1, -0.05) is 6.92 Å². The maximum Gasteiger partial charge on any atom is 0.308 e. The van der Waals surface area contributed by atoms with Crippen molar-refractivity contribution in [3.05, 3.63) is 0 Å². The summed E-state index contributed by atoms with van der Waals surface area (Å²) in [5.41, 5.74) is 0.0752. The van der Waals surface area contributed by atoms with Crippen molar-refractivity contribution in [1.29, 1.82) is 0 Å². The molecule has 2 heterocycles. The number of piperidine rings is 1. The fourth-order valence-corrected chi connectivity index (χ4v) is 2.38. The van der Waals surface area contributed by atoms with Gasteiger partial charge < -0.3 is 10.0 Å². The van der Waals surface area contributed by atoms with Crippen LogP contribution in [-0.2, 0) is 4.79 Å². The van der Waals surface area contributed by atoms with E-state index in [1.807, 2.05) is 0 Å². The molecule has 3 atom stereocenters. The van der Waals surface area contributed by atoms with Crippen molar-refractivity contribution in [3.8, 4) is 0 Å². The second-order valence-corrected chi connectivity index (χ2v) is 4.03. The molecule has 0 radical (unpaired) electrons. The third-order valence-electron chi connectivity index (χ3n) is 3.16. The highest BCUT2D eigenvalue weighted by Crippen LogP contribution is 2.44. The first-order valence-corrected chi connectivity index (χ1v) is 4.07. The molecule has 0 aromatic carbocycles. The SMILES string of the molecule is CC12CCN(CC1C(=O)O)C2.Cl. The lowest BCUT2D eigenvalue weighted by atomic mass is 9.78. The highest BCUT2D eigenvalue weighted by atomic mass is 35.5. The van der Waals surface area contributed by atoms with Crippen LogP contribution >= 0.6 is 12.4 Å². The minimum Gasteiger partial charge on any atom is -0.481 e. The molecule has 0 aromatic rings. The first-order valence-electron chi connectivity index (χ1n) is 4.07. The highest BCUT2D eigenvalue weighted by Gasteiger charge is 2.50. The molecule has 1 N–H and O–H groups in total. The smallest absolute Gasteiger partial charge is 0.308 e. The van der Waals surface area contributed by atoms with Crippen molar-refractivity contribution in [2.24, 2.45) is 11.3 Å². The molecule has 0 aliphatic carbocycles. The summed E-state index contributed by atoms with van der Waals surface area (Å²) in [7, 11) is 0. The van der Waals surface area contributed by atoms with Crippen LogP contribution in [0.3, 0.4) is 0 Å². The third kappa shape index (κ3) is 1.21. The van der Waals surface area contributed by atoms with Gasteiger partial charge in [0.2, 0.25) is 0 Å². The molecule has 2 rings (SSSR count). The number of aliphatic carboxylic acids is 1. The number of carboxylic acids is 1. The highest BCUT2D eigenvalue weighted by molar-refractivity contribution is 5.85. The molecule has 3 unspecified atom stereocenters. The van der Waals surface area contributed by atoms with E-state index in [-0.39, 0.29) is 23.7 Å². The summed E-state index contributed by atoms with van der Waals surface area (Å²) < 4.78 is 0. The Morgan fingerprint density at radius 1 is 1.67 bits per heavy atom. The summed E-state index contributed by atoms with van der Waals surface area (Å²) in [6.07, 6.45) is 1.06. The lowest BCUT2D eigenvalue weighted by molar-refractivity contribution is -0.145. The number of carbonyl (C=O) groups is 1. The average Bonchev–Trinajstić information content (AvgIpc) is 2.41. The lowest BCUT2D eigenvalue weighted by Gasteiger charge is -2.26. The Morgan fingerprint density at radius 2 is 2.33 bits per heavy atom. The van der Waals surface area contributed by atoms with E-state index in [9.17, 15) is 4.79 Å². The van der Waals surface area contributed by atoms with Crippen LogP contribution in [0.1, 0.15) is 13.3 Å². The molecule has 0 spiro atoms. The van der Waals surface area contributed by atoms with Gasteiger partial charge >= 0.3 is 5.97 Å². The van der Waals surface area contributed by atoms with Crippen molar-refractivity contribution in [2.75, 3.05) is 19.6 Å². The lowest BCUT2D eigenvalue weighted by Crippen LogP contribution is -2.34. The maximum absolute atomic E-state index is 10.8. The minimum atomic E-state index is -0.616. The molecule has 12 heavy (non-hydrogen) atoms. The normalized spacial score (nSPS) is 44.1. The van der Waals surface area contributed by atoms with E-state index in [1.54, 1.807) is 0 Å². The number of hydrogen-bond donors (Lipinski definition) is 1. The summed E-state index contributed by atoms with van der Waals surface area (Å²) in [5.74, 6) is -0.731. The fourth-order valence-electron chi connectivity index (χ4n) is 2.38.